The van der Waals surface area contributed by atoms with E-state index in [0.29, 0.717) is 9.90 Å². The first-order valence-corrected chi connectivity index (χ1v) is 9.75. The number of esters is 1. The number of carbonyl (C=O) groups excluding carboxylic acids is 3. The van der Waals surface area contributed by atoms with Crippen LogP contribution in [0.5, 0.6) is 0 Å². The molecule has 9 heteroatoms. The minimum Gasteiger partial charge on any atom is -0.462 e. The molecule has 0 bridgehead atoms. The smallest absolute Gasteiger partial charge is 0.350 e. The lowest BCUT2D eigenvalue weighted by Crippen LogP contribution is -2.13. The standard InChI is InChI=1S/C18H17N3O4S2/c1-3-25-17(24)16-15(20-11(2)22)13(9-19)18(27-16)26-10-14(23)21-12-7-5-4-6-8-12/h4-8H,3,10H2,1-2H3,(H,20,22)(H,21,23). The first kappa shape index (κ1) is 20.5. The monoisotopic (exact) mass is 403 g/mol. The lowest BCUT2D eigenvalue weighted by atomic mass is 10.2. The van der Waals surface area contributed by atoms with E-state index in [9.17, 15) is 19.6 Å². The van der Waals surface area contributed by atoms with Gasteiger partial charge in [0.15, 0.2) is 0 Å². The van der Waals surface area contributed by atoms with Crippen LogP contribution in [0.1, 0.15) is 29.1 Å². The first-order valence-electron chi connectivity index (χ1n) is 7.95. The van der Waals surface area contributed by atoms with Gasteiger partial charge in [0.2, 0.25) is 11.8 Å². The van der Waals surface area contributed by atoms with Crippen LogP contribution in [0.15, 0.2) is 34.5 Å². The normalized spacial score (nSPS) is 9.96. The summed E-state index contributed by atoms with van der Waals surface area (Å²) in [6, 6.07) is 11.0. The lowest BCUT2D eigenvalue weighted by molar-refractivity contribution is -0.114. The number of nitrogens with one attached hydrogen (secondary N) is 2. The van der Waals surface area contributed by atoms with Gasteiger partial charge in [-0.2, -0.15) is 5.26 Å². The van der Waals surface area contributed by atoms with Crippen LogP contribution in [0, 0.1) is 11.3 Å². The molecule has 1 heterocycles. The van der Waals surface area contributed by atoms with Gasteiger partial charge < -0.3 is 15.4 Å². The molecule has 2 N–H and O–H groups in total. The van der Waals surface area contributed by atoms with Crippen molar-refractivity contribution in [2.75, 3.05) is 23.0 Å². The minimum atomic E-state index is -0.622. The number of ether oxygens (including phenoxy) is 1. The number of hydrogen-bond acceptors (Lipinski definition) is 7. The van der Waals surface area contributed by atoms with Crippen LogP contribution in [0.2, 0.25) is 0 Å². The van der Waals surface area contributed by atoms with Gasteiger partial charge in [-0.25, -0.2) is 4.79 Å². The molecule has 0 aliphatic rings. The summed E-state index contributed by atoms with van der Waals surface area (Å²) in [5, 5.41) is 14.7. The highest BCUT2D eigenvalue weighted by atomic mass is 32.2. The third-order valence-electron chi connectivity index (χ3n) is 3.14. The molecule has 0 saturated carbocycles. The Bertz CT molecular complexity index is 888. The summed E-state index contributed by atoms with van der Waals surface area (Å²) in [6.45, 7) is 3.12. The molecule has 0 spiro atoms. The topological polar surface area (TPSA) is 108 Å². The van der Waals surface area contributed by atoms with Gasteiger partial charge in [0.05, 0.1) is 22.3 Å². The van der Waals surface area contributed by atoms with Crippen LogP contribution < -0.4 is 10.6 Å². The van der Waals surface area contributed by atoms with Crippen molar-refractivity contribution in [1.82, 2.24) is 0 Å². The zero-order valence-electron chi connectivity index (χ0n) is 14.7. The fourth-order valence-electron chi connectivity index (χ4n) is 2.10. The number of hydrogen-bond donors (Lipinski definition) is 2. The fraction of sp³-hybridized carbons (Fsp3) is 0.222. The Hall–Kier alpha value is -2.83. The average molecular weight is 403 g/mol. The summed E-state index contributed by atoms with van der Waals surface area (Å²) < 4.78 is 5.46. The van der Waals surface area contributed by atoms with Crippen molar-refractivity contribution in [3.63, 3.8) is 0 Å². The summed E-state index contributed by atoms with van der Waals surface area (Å²) in [5.41, 5.74) is 0.941. The van der Waals surface area contributed by atoms with Gasteiger partial charge >= 0.3 is 5.97 Å². The van der Waals surface area contributed by atoms with E-state index in [2.05, 4.69) is 10.6 Å². The molecule has 7 nitrogen and oxygen atoms in total. The molecule has 0 aliphatic carbocycles. The molecule has 27 heavy (non-hydrogen) atoms. The Balaban J connectivity index is 2.20. The van der Waals surface area contributed by atoms with E-state index in [1.807, 2.05) is 12.1 Å². The molecular formula is C18H17N3O4S2. The van der Waals surface area contributed by atoms with Gasteiger partial charge in [0.25, 0.3) is 0 Å². The summed E-state index contributed by atoms with van der Waals surface area (Å²) in [7, 11) is 0. The zero-order chi connectivity index (χ0) is 19.8. The number of nitrogens with zero attached hydrogens (tertiary/aromatic N) is 1. The summed E-state index contributed by atoms with van der Waals surface area (Å²) in [4.78, 5) is 35.9. The van der Waals surface area contributed by atoms with Gasteiger partial charge in [-0.15, -0.1) is 23.1 Å². The van der Waals surface area contributed by atoms with Crippen LogP contribution in [-0.4, -0.2) is 30.1 Å². The van der Waals surface area contributed by atoms with Crippen molar-refractivity contribution in [3.8, 4) is 6.07 Å². The molecule has 1 aromatic heterocycles. The highest BCUT2D eigenvalue weighted by molar-refractivity contribution is 8.01. The number of amides is 2. The van der Waals surface area contributed by atoms with E-state index < -0.39 is 11.9 Å². The van der Waals surface area contributed by atoms with Gasteiger partial charge in [0, 0.05) is 12.6 Å². The van der Waals surface area contributed by atoms with Crippen molar-refractivity contribution in [2.24, 2.45) is 0 Å². The number of nitriles is 1. The molecule has 0 atom stereocenters. The average Bonchev–Trinajstić information content (AvgIpc) is 2.98. The van der Waals surface area contributed by atoms with E-state index in [1.165, 1.54) is 6.92 Å². The molecule has 0 aliphatic heterocycles. The maximum atomic E-state index is 12.1. The number of anilines is 2. The predicted molar refractivity (Wildman–Crippen MR) is 105 cm³/mol. The summed E-state index contributed by atoms with van der Waals surface area (Å²) in [6.07, 6.45) is 0. The largest absolute Gasteiger partial charge is 0.462 e. The van der Waals surface area contributed by atoms with Crippen molar-refractivity contribution < 1.29 is 19.1 Å². The highest BCUT2D eigenvalue weighted by Gasteiger charge is 2.25. The van der Waals surface area contributed by atoms with Gasteiger partial charge in [-0.3, -0.25) is 9.59 Å². The Morgan fingerprint density at radius 1 is 1.22 bits per heavy atom. The Morgan fingerprint density at radius 2 is 1.93 bits per heavy atom. The van der Waals surface area contributed by atoms with Crippen molar-refractivity contribution >= 4 is 52.3 Å². The van der Waals surface area contributed by atoms with Crippen LogP contribution in [0.3, 0.4) is 0 Å². The number of thiophene rings is 1. The number of para-hydroxylation sites is 1. The van der Waals surface area contributed by atoms with Crippen LogP contribution in [0.25, 0.3) is 0 Å². The van der Waals surface area contributed by atoms with E-state index in [-0.39, 0.29) is 34.4 Å². The third kappa shape index (κ3) is 5.57. The van der Waals surface area contributed by atoms with Crippen molar-refractivity contribution in [1.29, 1.82) is 5.26 Å². The number of carbonyl (C=O) groups is 3. The second-order valence-electron chi connectivity index (χ2n) is 5.18. The molecule has 0 fully saturated rings. The molecule has 2 aromatic rings. The minimum absolute atomic E-state index is 0.0475. The van der Waals surface area contributed by atoms with Gasteiger partial charge in [0.1, 0.15) is 16.5 Å². The number of rotatable bonds is 7. The quantitative estimate of drug-likeness (QED) is 0.541. The van der Waals surface area contributed by atoms with Crippen LogP contribution >= 0.6 is 23.1 Å². The fourth-order valence-corrected chi connectivity index (χ4v) is 4.22. The van der Waals surface area contributed by atoms with Crippen molar-refractivity contribution in [3.05, 3.63) is 40.8 Å². The molecule has 2 amide bonds. The lowest BCUT2D eigenvalue weighted by Gasteiger charge is -2.05. The van der Waals surface area contributed by atoms with Crippen LogP contribution in [0.4, 0.5) is 11.4 Å². The van der Waals surface area contributed by atoms with E-state index in [0.717, 1.165) is 23.1 Å². The molecule has 2 rings (SSSR count). The maximum absolute atomic E-state index is 12.1. The predicted octanol–water partition coefficient (Wildman–Crippen LogP) is 3.49. The summed E-state index contributed by atoms with van der Waals surface area (Å²) >= 11 is 2.14. The van der Waals surface area contributed by atoms with Crippen LogP contribution in [-0.2, 0) is 14.3 Å². The van der Waals surface area contributed by atoms with E-state index in [4.69, 9.17) is 4.74 Å². The molecule has 0 saturated heterocycles. The number of thioether (sulfide) groups is 1. The second-order valence-corrected chi connectivity index (χ2v) is 7.45. The maximum Gasteiger partial charge on any atom is 0.350 e. The van der Waals surface area contributed by atoms with Gasteiger partial charge in [-0.1, -0.05) is 18.2 Å². The Labute approximate surface area is 164 Å². The third-order valence-corrected chi connectivity index (χ3v) is 5.58. The summed E-state index contributed by atoms with van der Waals surface area (Å²) in [5.74, 6) is -1.23. The van der Waals surface area contributed by atoms with Gasteiger partial charge in [-0.05, 0) is 19.1 Å². The second kappa shape index (κ2) is 9.75. The zero-order valence-corrected chi connectivity index (χ0v) is 16.3. The van der Waals surface area contributed by atoms with E-state index in [1.54, 1.807) is 31.2 Å². The number of benzene rings is 1. The Kier molecular flexibility index (Phi) is 7.40. The SMILES string of the molecule is CCOC(=O)c1sc(SCC(=O)Nc2ccccc2)c(C#N)c1NC(C)=O. The first-order chi connectivity index (χ1) is 13.0. The molecule has 1 aromatic carbocycles. The highest BCUT2D eigenvalue weighted by Crippen LogP contribution is 2.40. The molecule has 0 radical (unpaired) electrons. The molecular weight excluding hydrogens is 386 g/mol. The molecule has 140 valence electrons. The Morgan fingerprint density at radius 3 is 2.52 bits per heavy atom. The molecule has 0 unspecified atom stereocenters. The van der Waals surface area contributed by atoms with E-state index >= 15 is 0 Å². The van der Waals surface area contributed by atoms with Crippen molar-refractivity contribution in [2.45, 2.75) is 18.1 Å².